The molecule has 1 aromatic heterocycles. The van der Waals surface area contributed by atoms with Crippen molar-refractivity contribution in [3.63, 3.8) is 0 Å². The lowest BCUT2D eigenvalue weighted by Gasteiger charge is -2.21. The Balaban J connectivity index is 2.39. The second kappa shape index (κ2) is 5.94. The fraction of sp³-hybridized carbons (Fsp3) is 0.714. The number of aromatic nitrogens is 2. The number of alkyl halides is 1. The first-order valence-electron chi connectivity index (χ1n) is 6.70. The van der Waals surface area contributed by atoms with E-state index < -0.39 is 0 Å². The van der Waals surface area contributed by atoms with Gasteiger partial charge in [0.05, 0.1) is 5.69 Å². The van der Waals surface area contributed by atoms with Crippen LogP contribution in [0.2, 0.25) is 0 Å². The molecule has 0 bridgehead atoms. The molecule has 0 amide bonds. The molecular formula is C14H21BrN2. The van der Waals surface area contributed by atoms with E-state index in [-0.39, 0.29) is 0 Å². The number of fused-ring (bicyclic) bond motifs is 1. The second-order valence-electron chi connectivity index (χ2n) is 4.94. The Kier molecular flexibility index (Phi) is 4.55. The van der Waals surface area contributed by atoms with Crippen LogP contribution in [-0.2, 0) is 12.8 Å². The van der Waals surface area contributed by atoms with Crippen LogP contribution in [0.3, 0.4) is 0 Å². The summed E-state index contributed by atoms with van der Waals surface area (Å²) in [5.41, 5.74) is 4.05. The van der Waals surface area contributed by atoms with Crippen molar-refractivity contribution >= 4 is 15.9 Å². The molecule has 94 valence electrons. The smallest absolute Gasteiger partial charge is 0.115 e. The quantitative estimate of drug-likeness (QED) is 0.622. The van der Waals surface area contributed by atoms with E-state index in [0.717, 1.165) is 12.8 Å². The van der Waals surface area contributed by atoms with E-state index in [0.29, 0.717) is 10.7 Å². The van der Waals surface area contributed by atoms with Gasteiger partial charge in [0.25, 0.3) is 0 Å². The Morgan fingerprint density at radius 3 is 2.71 bits per heavy atom. The van der Waals surface area contributed by atoms with Gasteiger partial charge in [0.1, 0.15) is 6.33 Å². The Morgan fingerprint density at radius 1 is 1.24 bits per heavy atom. The number of hydrogen-bond donors (Lipinski definition) is 0. The minimum atomic E-state index is 0.481. The third kappa shape index (κ3) is 2.87. The lowest BCUT2D eigenvalue weighted by molar-refractivity contribution is 0.626. The third-order valence-corrected chi connectivity index (χ3v) is 4.39. The van der Waals surface area contributed by atoms with Gasteiger partial charge in [0.2, 0.25) is 0 Å². The Labute approximate surface area is 112 Å². The van der Waals surface area contributed by atoms with Crippen molar-refractivity contribution < 1.29 is 0 Å². The number of aryl methyl sites for hydroxylation is 1. The number of nitrogens with zero attached hydrogens (tertiary/aromatic N) is 2. The molecule has 2 unspecified atom stereocenters. The summed E-state index contributed by atoms with van der Waals surface area (Å²) in [6.07, 6.45) is 9.11. The van der Waals surface area contributed by atoms with Crippen LogP contribution in [0.25, 0.3) is 0 Å². The van der Waals surface area contributed by atoms with E-state index in [1.165, 1.54) is 42.6 Å². The van der Waals surface area contributed by atoms with E-state index in [9.17, 15) is 0 Å². The highest BCUT2D eigenvalue weighted by atomic mass is 79.9. The highest BCUT2D eigenvalue weighted by Gasteiger charge is 2.22. The van der Waals surface area contributed by atoms with E-state index in [2.05, 4.69) is 39.7 Å². The van der Waals surface area contributed by atoms with E-state index in [4.69, 9.17) is 0 Å². The molecule has 0 fully saturated rings. The molecule has 0 saturated carbocycles. The summed E-state index contributed by atoms with van der Waals surface area (Å²) in [5.74, 6) is 0.518. The van der Waals surface area contributed by atoms with Crippen molar-refractivity contribution in [3.05, 3.63) is 23.3 Å². The lowest BCUT2D eigenvalue weighted by atomic mass is 9.92. The standard InChI is InChI=1S/C14H21BrN2/c1-3-11(10(2)15)14-12-7-5-4-6-8-13(12)16-9-17-14/h9-11H,3-8H2,1-2H3. The molecule has 0 aromatic carbocycles. The van der Waals surface area contributed by atoms with Crippen molar-refractivity contribution in [1.82, 2.24) is 9.97 Å². The highest BCUT2D eigenvalue weighted by molar-refractivity contribution is 9.09. The van der Waals surface area contributed by atoms with Crippen LogP contribution in [0.1, 0.15) is 62.4 Å². The lowest BCUT2D eigenvalue weighted by Crippen LogP contribution is -2.14. The largest absolute Gasteiger partial charge is 0.241 e. The van der Waals surface area contributed by atoms with Gasteiger partial charge in [-0.1, -0.05) is 36.2 Å². The minimum absolute atomic E-state index is 0.481. The van der Waals surface area contributed by atoms with Gasteiger partial charge in [-0.05, 0) is 37.7 Å². The predicted octanol–water partition coefficient (Wildman–Crippen LogP) is 4.02. The SMILES string of the molecule is CCC(c1ncnc2c1CCCCC2)C(C)Br. The first-order valence-corrected chi connectivity index (χ1v) is 7.62. The molecule has 0 saturated heterocycles. The zero-order valence-electron chi connectivity index (χ0n) is 10.7. The van der Waals surface area contributed by atoms with Crippen molar-refractivity contribution in [2.75, 3.05) is 0 Å². The summed E-state index contributed by atoms with van der Waals surface area (Å²) in [7, 11) is 0. The van der Waals surface area contributed by atoms with Crippen LogP contribution >= 0.6 is 15.9 Å². The molecule has 17 heavy (non-hydrogen) atoms. The fourth-order valence-corrected chi connectivity index (χ4v) is 3.40. The molecule has 1 aliphatic rings. The van der Waals surface area contributed by atoms with E-state index in [1.54, 1.807) is 6.33 Å². The number of halogens is 1. The molecule has 1 aromatic rings. The second-order valence-corrected chi connectivity index (χ2v) is 6.38. The molecular weight excluding hydrogens is 276 g/mol. The van der Waals surface area contributed by atoms with Crippen molar-refractivity contribution in [3.8, 4) is 0 Å². The normalized spacial score (nSPS) is 19.2. The molecule has 2 rings (SSSR count). The Bertz CT molecular complexity index is 376. The summed E-state index contributed by atoms with van der Waals surface area (Å²) in [5, 5.41) is 0. The zero-order chi connectivity index (χ0) is 12.3. The molecule has 2 atom stereocenters. The van der Waals surface area contributed by atoms with Crippen molar-refractivity contribution in [2.24, 2.45) is 0 Å². The maximum Gasteiger partial charge on any atom is 0.115 e. The average Bonchev–Trinajstić information content (AvgIpc) is 2.55. The van der Waals surface area contributed by atoms with Gasteiger partial charge in [-0.3, -0.25) is 0 Å². The highest BCUT2D eigenvalue weighted by Crippen LogP contribution is 2.32. The Hall–Kier alpha value is -0.440. The van der Waals surface area contributed by atoms with Gasteiger partial charge < -0.3 is 0 Å². The van der Waals surface area contributed by atoms with Gasteiger partial charge in [0.15, 0.2) is 0 Å². The van der Waals surface area contributed by atoms with Crippen LogP contribution in [0.4, 0.5) is 0 Å². The average molecular weight is 297 g/mol. The summed E-state index contributed by atoms with van der Waals surface area (Å²) in [6, 6.07) is 0. The monoisotopic (exact) mass is 296 g/mol. The van der Waals surface area contributed by atoms with Gasteiger partial charge in [0, 0.05) is 16.4 Å². The van der Waals surface area contributed by atoms with Crippen LogP contribution < -0.4 is 0 Å². The fourth-order valence-electron chi connectivity index (χ4n) is 2.78. The molecule has 0 aliphatic heterocycles. The maximum atomic E-state index is 4.59. The molecule has 3 heteroatoms. The van der Waals surface area contributed by atoms with Gasteiger partial charge in [-0.15, -0.1) is 0 Å². The maximum absolute atomic E-state index is 4.59. The summed E-state index contributed by atoms with van der Waals surface area (Å²) in [4.78, 5) is 9.56. The number of hydrogen-bond acceptors (Lipinski definition) is 2. The third-order valence-electron chi connectivity index (χ3n) is 3.75. The van der Waals surface area contributed by atoms with Gasteiger partial charge in [-0.25, -0.2) is 9.97 Å². The van der Waals surface area contributed by atoms with Crippen LogP contribution in [0, 0.1) is 0 Å². The predicted molar refractivity (Wildman–Crippen MR) is 74.7 cm³/mol. The molecule has 0 spiro atoms. The van der Waals surface area contributed by atoms with Gasteiger partial charge in [-0.2, -0.15) is 0 Å². The molecule has 0 radical (unpaired) electrons. The van der Waals surface area contributed by atoms with Crippen molar-refractivity contribution in [1.29, 1.82) is 0 Å². The van der Waals surface area contributed by atoms with Crippen molar-refractivity contribution in [2.45, 2.75) is 63.1 Å². The topological polar surface area (TPSA) is 25.8 Å². The first kappa shape index (κ1) is 13.0. The zero-order valence-corrected chi connectivity index (χ0v) is 12.3. The first-order chi connectivity index (χ1) is 8.24. The van der Waals surface area contributed by atoms with Crippen LogP contribution in [-0.4, -0.2) is 14.8 Å². The molecule has 1 aliphatic carbocycles. The van der Waals surface area contributed by atoms with Crippen LogP contribution in [0.15, 0.2) is 6.33 Å². The molecule has 2 nitrogen and oxygen atoms in total. The summed E-state index contributed by atoms with van der Waals surface area (Å²) < 4.78 is 0. The van der Waals surface area contributed by atoms with Gasteiger partial charge >= 0.3 is 0 Å². The summed E-state index contributed by atoms with van der Waals surface area (Å²) in [6.45, 7) is 4.47. The number of rotatable bonds is 3. The summed E-state index contributed by atoms with van der Waals surface area (Å²) >= 11 is 3.72. The molecule has 0 N–H and O–H groups in total. The van der Waals surface area contributed by atoms with Crippen LogP contribution in [0.5, 0.6) is 0 Å². The van der Waals surface area contributed by atoms with E-state index >= 15 is 0 Å². The molecule has 1 heterocycles. The minimum Gasteiger partial charge on any atom is -0.241 e. The Morgan fingerprint density at radius 2 is 2.00 bits per heavy atom. The van der Waals surface area contributed by atoms with E-state index in [1.807, 2.05) is 0 Å².